The molecule has 1 saturated carbocycles. The van der Waals surface area contributed by atoms with E-state index in [0.717, 1.165) is 43.6 Å². The normalized spacial score (nSPS) is 34.1. The summed E-state index contributed by atoms with van der Waals surface area (Å²) in [5.41, 5.74) is 0.982. The summed E-state index contributed by atoms with van der Waals surface area (Å²) in [6.07, 6.45) is 7.46. The molecule has 0 spiro atoms. The first-order valence-corrected chi connectivity index (χ1v) is 6.23. The average molecular weight is 210 g/mol. The van der Waals surface area contributed by atoms with Gasteiger partial charge in [-0.25, -0.2) is 0 Å². The van der Waals surface area contributed by atoms with Crippen molar-refractivity contribution in [3.05, 3.63) is 0 Å². The fourth-order valence-corrected chi connectivity index (χ4v) is 2.98. The molecule has 0 bridgehead atoms. The van der Waals surface area contributed by atoms with Crippen LogP contribution in [0.1, 0.15) is 45.4 Å². The van der Waals surface area contributed by atoms with E-state index in [2.05, 4.69) is 17.0 Å². The number of likely N-dealkylation sites (tertiary alicyclic amines) is 1. The van der Waals surface area contributed by atoms with Gasteiger partial charge < -0.3 is 5.21 Å². The zero-order valence-corrected chi connectivity index (χ0v) is 9.65. The van der Waals surface area contributed by atoms with Crippen molar-refractivity contribution < 1.29 is 5.21 Å². The second-order valence-corrected chi connectivity index (χ2v) is 5.13. The molecule has 86 valence electrons. The highest BCUT2D eigenvalue weighted by Gasteiger charge is 2.26. The number of rotatable bonds is 1. The average Bonchev–Trinajstić information content (AvgIpc) is 2.29. The Morgan fingerprint density at radius 1 is 1.27 bits per heavy atom. The van der Waals surface area contributed by atoms with Crippen molar-refractivity contribution in [3.63, 3.8) is 0 Å². The number of piperidine rings is 1. The second-order valence-electron chi connectivity index (χ2n) is 5.13. The summed E-state index contributed by atoms with van der Waals surface area (Å²) in [7, 11) is 0. The Morgan fingerprint density at radius 2 is 2.00 bits per heavy atom. The van der Waals surface area contributed by atoms with Crippen molar-refractivity contribution in [1.82, 2.24) is 4.90 Å². The SMILES string of the molecule is CC1CCCC(N2CCC(=NO)CC2)C1. The number of nitrogens with zero attached hydrogens (tertiary/aromatic N) is 2. The lowest BCUT2D eigenvalue weighted by molar-refractivity contribution is 0.132. The standard InChI is InChI=1S/C12H22N2O/c1-10-3-2-4-12(9-10)14-7-5-11(13-15)6-8-14/h10,12,15H,2-9H2,1H3. The third kappa shape index (κ3) is 2.71. The molecular formula is C12H22N2O. The number of hydrogen-bond acceptors (Lipinski definition) is 3. The van der Waals surface area contributed by atoms with Gasteiger partial charge >= 0.3 is 0 Å². The van der Waals surface area contributed by atoms with Crippen LogP contribution in [0.2, 0.25) is 0 Å². The number of hydrogen-bond donors (Lipinski definition) is 1. The summed E-state index contributed by atoms with van der Waals surface area (Å²) in [5.74, 6) is 0.900. The molecule has 3 nitrogen and oxygen atoms in total. The van der Waals surface area contributed by atoms with E-state index in [1.54, 1.807) is 0 Å². The van der Waals surface area contributed by atoms with Crippen molar-refractivity contribution in [2.24, 2.45) is 11.1 Å². The molecular weight excluding hydrogens is 188 g/mol. The summed E-state index contributed by atoms with van der Waals surface area (Å²) in [6, 6.07) is 0.800. The predicted molar refractivity (Wildman–Crippen MR) is 61.4 cm³/mol. The van der Waals surface area contributed by atoms with E-state index in [1.165, 1.54) is 25.7 Å². The van der Waals surface area contributed by atoms with Gasteiger partial charge in [-0.05, 0) is 18.8 Å². The van der Waals surface area contributed by atoms with Gasteiger partial charge in [0.15, 0.2) is 0 Å². The maximum Gasteiger partial charge on any atom is 0.0596 e. The first-order chi connectivity index (χ1) is 7.29. The van der Waals surface area contributed by atoms with Crippen molar-refractivity contribution in [1.29, 1.82) is 0 Å². The van der Waals surface area contributed by atoms with Crippen molar-refractivity contribution in [3.8, 4) is 0 Å². The third-order valence-electron chi connectivity index (χ3n) is 3.94. The van der Waals surface area contributed by atoms with Crippen molar-refractivity contribution >= 4 is 5.71 Å². The molecule has 15 heavy (non-hydrogen) atoms. The molecule has 1 aliphatic carbocycles. The Bertz CT molecular complexity index is 230. The second kappa shape index (κ2) is 4.97. The first kappa shape index (κ1) is 10.9. The highest BCUT2D eigenvalue weighted by atomic mass is 16.4. The molecule has 1 saturated heterocycles. The van der Waals surface area contributed by atoms with Crippen LogP contribution in [0, 0.1) is 5.92 Å². The minimum atomic E-state index is 0.800. The molecule has 1 N–H and O–H groups in total. The van der Waals surface area contributed by atoms with Crippen LogP contribution in [0.4, 0.5) is 0 Å². The minimum absolute atomic E-state index is 0.800. The highest BCUT2D eigenvalue weighted by Crippen LogP contribution is 2.28. The highest BCUT2D eigenvalue weighted by molar-refractivity contribution is 5.84. The lowest BCUT2D eigenvalue weighted by Gasteiger charge is -2.38. The number of oxime groups is 1. The first-order valence-electron chi connectivity index (χ1n) is 6.23. The summed E-state index contributed by atoms with van der Waals surface area (Å²) < 4.78 is 0. The quantitative estimate of drug-likeness (QED) is 0.533. The summed E-state index contributed by atoms with van der Waals surface area (Å²) in [5, 5.41) is 12.0. The van der Waals surface area contributed by atoms with Gasteiger partial charge in [-0.1, -0.05) is 24.9 Å². The van der Waals surface area contributed by atoms with Crippen LogP contribution in [-0.2, 0) is 0 Å². The summed E-state index contributed by atoms with van der Waals surface area (Å²) in [6.45, 7) is 4.56. The van der Waals surface area contributed by atoms with Crippen molar-refractivity contribution in [2.45, 2.75) is 51.5 Å². The largest absolute Gasteiger partial charge is 0.411 e. The molecule has 0 aromatic rings. The van der Waals surface area contributed by atoms with Crippen LogP contribution in [-0.4, -0.2) is 35.0 Å². The molecule has 2 unspecified atom stereocenters. The van der Waals surface area contributed by atoms with Crippen LogP contribution in [0.25, 0.3) is 0 Å². The van der Waals surface area contributed by atoms with Gasteiger partial charge in [0.05, 0.1) is 5.71 Å². The van der Waals surface area contributed by atoms with E-state index in [-0.39, 0.29) is 0 Å². The van der Waals surface area contributed by atoms with Crippen LogP contribution >= 0.6 is 0 Å². The molecule has 3 heteroatoms. The zero-order valence-electron chi connectivity index (χ0n) is 9.65. The molecule has 0 amide bonds. The molecule has 0 aromatic heterocycles. The molecule has 0 radical (unpaired) electrons. The molecule has 2 atom stereocenters. The van der Waals surface area contributed by atoms with E-state index >= 15 is 0 Å². The minimum Gasteiger partial charge on any atom is -0.411 e. The van der Waals surface area contributed by atoms with Gasteiger partial charge in [0.2, 0.25) is 0 Å². The lowest BCUT2D eigenvalue weighted by atomic mass is 9.85. The van der Waals surface area contributed by atoms with Crippen LogP contribution < -0.4 is 0 Å². The van der Waals surface area contributed by atoms with Crippen molar-refractivity contribution in [2.75, 3.05) is 13.1 Å². The third-order valence-corrected chi connectivity index (χ3v) is 3.94. The van der Waals surface area contributed by atoms with Gasteiger partial charge in [0.25, 0.3) is 0 Å². The van der Waals surface area contributed by atoms with E-state index in [4.69, 9.17) is 5.21 Å². The van der Waals surface area contributed by atoms with E-state index in [9.17, 15) is 0 Å². The molecule has 2 rings (SSSR count). The van der Waals surface area contributed by atoms with Gasteiger partial charge in [-0.2, -0.15) is 0 Å². The Morgan fingerprint density at radius 3 is 2.60 bits per heavy atom. The Kier molecular flexibility index (Phi) is 3.62. The summed E-state index contributed by atoms with van der Waals surface area (Å²) >= 11 is 0. The molecule has 1 aliphatic heterocycles. The zero-order chi connectivity index (χ0) is 10.7. The summed E-state index contributed by atoms with van der Waals surface area (Å²) in [4.78, 5) is 2.60. The van der Waals surface area contributed by atoms with Crippen LogP contribution in [0.15, 0.2) is 5.16 Å². The van der Waals surface area contributed by atoms with Crippen LogP contribution in [0.5, 0.6) is 0 Å². The van der Waals surface area contributed by atoms with Gasteiger partial charge in [-0.3, -0.25) is 4.90 Å². The molecule has 0 aromatic carbocycles. The fourth-order valence-electron chi connectivity index (χ4n) is 2.98. The monoisotopic (exact) mass is 210 g/mol. The van der Waals surface area contributed by atoms with E-state index < -0.39 is 0 Å². The lowest BCUT2D eigenvalue weighted by Crippen LogP contribution is -2.43. The van der Waals surface area contributed by atoms with E-state index in [1.807, 2.05) is 0 Å². The Balaban J connectivity index is 1.84. The van der Waals surface area contributed by atoms with Gasteiger partial charge in [0.1, 0.15) is 0 Å². The van der Waals surface area contributed by atoms with Gasteiger partial charge in [0, 0.05) is 32.0 Å². The molecule has 1 heterocycles. The smallest absolute Gasteiger partial charge is 0.0596 e. The topological polar surface area (TPSA) is 35.8 Å². The van der Waals surface area contributed by atoms with E-state index in [0.29, 0.717) is 0 Å². The maximum absolute atomic E-state index is 8.70. The predicted octanol–water partition coefficient (Wildman–Crippen LogP) is 2.49. The maximum atomic E-state index is 8.70. The molecule has 2 fully saturated rings. The molecule has 2 aliphatic rings. The van der Waals surface area contributed by atoms with Gasteiger partial charge in [-0.15, -0.1) is 0 Å². The fraction of sp³-hybridized carbons (Fsp3) is 0.917. The van der Waals surface area contributed by atoms with Crippen LogP contribution in [0.3, 0.4) is 0 Å². The Hall–Kier alpha value is -0.570. The Labute approximate surface area is 92.1 Å².